The van der Waals surface area contributed by atoms with Gasteiger partial charge in [0.05, 0.1) is 24.4 Å². The zero-order valence-corrected chi connectivity index (χ0v) is 12.8. The van der Waals surface area contributed by atoms with Gasteiger partial charge in [-0.1, -0.05) is 26.0 Å². The predicted molar refractivity (Wildman–Crippen MR) is 80.0 cm³/mol. The summed E-state index contributed by atoms with van der Waals surface area (Å²) in [5.41, 5.74) is -0.0548. The number of rotatable bonds is 5. The summed E-state index contributed by atoms with van der Waals surface area (Å²) in [6.45, 7) is 7.61. The quantitative estimate of drug-likeness (QED) is 0.893. The summed E-state index contributed by atoms with van der Waals surface area (Å²) in [5, 5.41) is 11.0. The minimum Gasteiger partial charge on any atom is -0.494 e. The van der Waals surface area contributed by atoms with Gasteiger partial charge in [-0.15, -0.1) is 0 Å². The highest BCUT2D eigenvalue weighted by atomic mass is 16.5. The van der Waals surface area contributed by atoms with Gasteiger partial charge in [0, 0.05) is 12.8 Å². The number of ether oxygens (including phenoxy) is 2. The van der Waals surface area contributed by atoms with Crippen LogP contribution in [0.1, 0.15) is 52.0 Å². The van der Waals surface area contributed by atoms with Gasteiger partial charge in [-0.3, -0.25) is 0 Å². The van der Waals surface area contributed by atoms with Crippen molar-refractivity contribution < 1.29 is 14.6 Å². The molecule has 0 aliphatic carbocycles. The molecule has 1 aliphatic heterocycles. The maximum absolute atomic E-state index is 11.0. The van der Waals surface area contributed by atoms with Gasteiger partial charge in [0.2, 0.25) is 0 Å². The van der Waals surface area contributed by atoms with E-state index in [0.29, 0.717) is 19.4 Å². The van der Waals surface area contributed by atoms with E-state index in [0.717, 1.165) is 30.8 Å². The smallest absolute Gasteiger partial charge is 0.119 e. The van der Waals surface area contributed by atoms with Gasteiger partial charge in [-0.25, -0.2) is 0 Å². The van der Waals surface area contributed by atoms with Gasteiger partial charge in [-0.05, 0) is 37.5 Å². The van der Waals surface area contributed by atoms with Crippen LogP contribution in [0.2, 0.25) is 0 Å². The molecule has 0 amide bonds. The lowest BCUT2D eigenvalue weighted by molar-refractivity contribution is -0.157. The largest absolute Gasteiger partial charge is 0.494 e. The van der Waals surface area contributed by atoms with Crippen LogP contribution in [-0.4, -0.2) is 23.9 Å². The number of benzene rings is 1. The third-order valence-corrected chi connectivity index (χ3v) is 4.24. The Hall–Kier alpha value is -1.06. The molecule has 1 heterocycles. The van der Waals surface area contributed by atoms with E-state index < -0.39 is 5.60 Å². The fraction of sp³-hybridized carbons (Fsp3) is 0.647. The van der Waals surface area contributed by atoms with Gasteiger partial charge in [0.15, 0.2) is 0 Å². The normalized spacial score (nSPS) is 30.2. The van der Waals surface area contributed by atoms with Crippen molar-refractivity contribution in [3.63, 3.8) is 0 Å². The molecule has 1 saturated heterocycles. The standard InChI is InChI=1S/C17H26O3/c1-4-11-19-15-8-6-14(7-9-15)17(18)10-12-20-16(3,5-2)13-17/h6-9,18H,4-5,10-13H2,1-3H3. The molecule has 3 heteroatoms. The van der Waals surface area contributed by atoms with E-state index in [4.69, 9.17) is 9.47 Å². The molecule has 1 fully saturated rings. The minimum atomic E-state index is -0.785. The van der Waals surface area contributed by atoms with Crippen molar-refractivity contribution in [1.29, 1.82) is 0 Å². The highest BCUT2D eigenvalue weighted by molar-refractivity contribution is 5.31. The molecule has 3 nitrogen and oxygen atoms in total. The Balaban J connectivity index is 2.13. The van der Waals surface area contributed by atoms with Crippen molar-refractivity contribution in [2.45, 2.75) is 57.7 Å². The first kappa shape index (κ1) is 15.3. The Morgan fingerprint density at radius 2 is 1.95 bits per heavy atom. The van der Waals surface area contributed by atoms with Crippen molar-refractivity contribution in [1.82, 2.24) is 0 Å². The average molecular weight is 278 g/mol. The second kappa shape index (κ2) is 6.15. The van der Waals surface area contributed by atoms with Crippen LogP contribution in [0.3, 0.4) is 0 Å². The number of hydrogen-bond acceptors (Lipinski definition) is 3. The summed E-state index contributed by atoms with van der Waals surface area (Å²) in [6, 6.07) is 7.85. The molecular weight excluding hydrogens is 252 g/mol. The van der Waals surface area contributed by atoms with Crippen LogP contribution in [0.4, 0.5) is 0 Å². The summed E-state index contributed by atoms with van der Waals surface area (Å²) in [4.78, 5) is 0. The van der Waals surface area contributed by atoms with E-state index >= 15 is 0 Å². The molecule has 112 valence electrons. The monoisotopic (exact) mass is 278 g/mol. The SMILES string of the molecule is CCCOc1ccc(C2(O)CCOC(C)(CC)C2)cc1. The Morgan fingerprint density at radius 1 is 1.25 bits per heavy atom. The van der Waals surface area contributed by atoms with E-state index in [1.54, 1.807) is 0 Å². The molecule has 0 aromatic heterocycles. The Labute approximate surface area is 121 Å². The van der Waals surface area contributed by atoms with Crippen molar-refractivity contribution in [3.8, 4) is 5.75 Å². The topological polar surface area (TPSA) is 38.7 Å². The highest BCUT2D eigenvalue weighted by Crippen LogP contribution is 2.41. The zero-order valence-electron chi connectivity index (χ0n) is 12.8. The van der Waals surface area contributed by atoms with Gasteiger partial charge < -0.3 is 14.6 Å². The average Bonchev–Trinajstić information content (AvgIpc) is 2.45. The van der Waals surface area contributed by atoms with E-state index in [1.807, 2.05) is 24.3 Å². The lowest BCUT2D eigenvalue weighted by atomic mass is 9.77. The molecule has 1 N–H and O–H groups in total. The molecule has 20 heavy (non-hydrogen) atoms. The molecule has 2 rings (SSSR count). The molecule has 0 radical (unpaired) electrons. The molecule has 1 aromatic rings. The van der Waals surface area contributed by atoms with Crippen LogP contribution in [0, 0.1) is 0 Å². The minimum absolute atomic E-state index is 0.232. The van der Waals surface area contributed by atoms with Crippen LogP contribution in [0.25, 0.3) is 0 Å². The highest BCUT2D eigenvalue weighted by Gasteiger charge is 2.42. The fourth-order valence-corrected chi connectivity index (χ4v) is 2.78. The van der Waals surface area contributed by atoms with Crippen LogP contribution in [0.5, 0.6) is 5.75 Å². The Kier molecular flexibility index (Phi) is 4.71. The Morgan fingerprint density at radius 3 is 2.55 bits per heavy atom. The second-order valence-electron chi connectivity index (χ2n) is 5.98. The first-order valence-electron chi connectivity index (χ1n) is 7.61. The van der Waals surface area contributed by atoms with Gasteiger partial charge in [0.1, 0.15) is 5.75 Å². The number of hydrogen-bond donors (Lipinski definition) is 1. The summed E-state index contributed by atoms with van der Waals surface area (Å²) in [7, 11) is 0. The summed E-state index contributed by atoms with van der Waals surface area (Å²) in [6.07, 6.45) is 3.20. The first-order chi connectivity index (χ1) is 9.51. The molecule has 0 spiro atoms. The third-order valence-electron chi connectivity index (χ3n) is 4.24. The van der Waals surface area contributed by atoms with Gasteiger partial charge in [0.25, 0.3) is 0 Å². The van der Waals surface area contributed by atoms with Crippen LogP contribution in [-0.2, 0) is 10.3 Å². The number of aliphatic hydroxyl groups is 1. The summed E-state index contributed by atoms with van der Waals surface area (Å²) >= 11 is 0. The maximum Gasteiger partial charge on any atom is 0.119 e. The predicted octanol–water partition coefficient (Wildman–Crippen LogP) is 3.64. The summed E-state index contributed by atoms with van der Waals surface area (Å²) < 4.78 is 11.4. The molecule has 0 saturated carbocycles. The zero-order chi connectivity index (χ0) is 14.6. The molecule has 1 aromatic carbocycles. The van der Waals surface area contributed by atoms with E-state index in [9.17, 15) is 5.11 Å². The van der Waals surface area contributed by atoms with Crippen molar-refractivity contribution in [2.24, 2.45) is 0 Å². The van der Waals surface area contributed by atoms with Crippen LogP contribution in [0.15, 0.2) is 24.3 Å². The van der Waals surface area contributed by atoms with Crippen molar-refractivity contribution >= 4 is 0 Å². The fourth-order valence-electron chi connectivity index (χ4n) is 2.78. The first-order valence-corrected chi connectivity index (χ1v) is 7.61. The third kappa shape index (κ3) is 3.33. The van der Waals surface area contributed by atoms with E-state index in [1.165, 1.54) is 0 Å². The molecule has 2 atom stereocenters. The van der Waals surface area contributed by atoms with Gasteiger partial charge >= 0.3 is 0 Å². The molecule has 1 aliphatic rings. The lowest BCUT2D eigenvalue weighted by Gasteiger charge is -2.43. The van der Waals surface area contributed by atoms with Gasteiger partial charge in [-0.2, -0.15) is 0 Å². The molecule has 2 unspecified atom stereocenters. The Bertz CT molecular complexity index is 428. The second-order valence-corrected chi connectivity index (χ2v) is 5.98. The van der Waals surface area contributed by atoms with E-state index in [-0.39, 0.29) is 5.60 Å². The molecular formula is C17H26O3. The van der Waals surface area contributed by atoms with Crippen molar-refractivity contribution in [3.05, 3.63) is 29.8 Å². The lowest BCUT2D eigenvalue weighted by Crippen LogP contribution is -2.45. The maximum atomic E-state index is 11.0. The van der Waals surface area contributed by atoms with Crippen LogP contribution < -0.4 is 4.74 Å². The van der Waals surface area contributed by atoms with Crippen LogP contribution >= 0.6 is 0 Å². The molecule has 0 bridgehead atoms. The van der Waals surface area contributed by atoms with Crippen molar-refractivity contribution in [2.75, 3.05) is 13.2 Å². The van der Waals surface area contributed by atoms with E-state index in [2.05, 4.69) is 20.8 Å². The summed E-state index contributed by atoms with van der Waals surface area (Å²) in [5.74, 6) is 0.865.